The van der Waals surface area contributed by atoms with Crippen molar-refractivity contribution in [3.8, 4) is 5.69 Å². The van der Waals surface area contributed by atoms with Crippen LogP contribution in [0.5, 0.6) is 0 Å². The zero-order valence-electron chi connectivity index (χ0n) is 12.7. The molecule has 116 valence electrons. The van der Waals surface area contributed by atoms with Gasteiger partial charge in [0.2, 0.25) is 5.91 Å². The summed E-state index contributed by atoms with van der Waals surface area (Å²) in [5.41, 5.74) is 1.71. The lowest BCUT2D eigenvalue weighted by molar-refractivity contribution is -0.120. The number of carbonyl (C=O) groups is 1. The van der Waals surface area contributed by atoms with Crippen LogP contribution in [-0.4, -0.2) is 15.7 Å². The molecule has 4 nitrogen and oxygen atoms in total. The zero-order chi connectivity index (χ0) is 15.5. The third-order valence-electron chi connectivity index (χ3n) is 4.11. The van der Waals surface area contributed by atoms with Gasteiger partial charge in [-0.15, -0.1) is 0 Å². The molecule has 2 aromatic rings. The van der Waals surface area contributed by atoms with Crippen LogP contribution < -0.4 is 5.32 Å². The molecule has 0 aliphatic heterocycles. The maximum absolute atomic E-state index is 12.4. The van der Waals surface area contributed by atoms with E-state index >= 15 is 0 Å². The van der Waals surface area contributed by atoms with Gasteiger partial charge in [-0.3, -0.25) is 4.79 Å². The number of anilines is 1. The van der Waals surface area contributed by atoms with Crippen LogP contribution in [0.25, 0.3) is 5.69 Å². The first-order chi connectivity index (χ1) is 10.6. The highest BCUT2D eigenvalue weighted by Crippen LogP contribution is 2.26. The highest BCUT2D eigenvalue weighted by Gasteiger charge is 2.22. The van der Waals surface area contributed by atoms with Crippen LogP contribution in [0.15, 0.2) is 30.3 Å². The topological polar surface area (TPSA) is 46.9 Å². The molecule has 1 aromatic carbocycles. The summed E-state index contributed by atoms with van der Waals surface area (Å²) in [6.07, 6.45) is 5.49. The van der Waals surface area contributed by atoms with Crippen LogP contribution in [0.3, 0.4) is 0 Å². The van der Waals surface area contributed by atoms with E-state index < -0.39 is 0 Å². The normalized spacial score (nSPS) is 15.7. The first-order valence-corrected chi connectivity index (χ1v) is 8.15. The zero-order valence-corrected chi connectivity index (χ0v) is 13.4. The largest absolute Gasteiger partial charge is 0.310 e. The van der Waals surface area contributed by atoms with Gasteiger partial charge in [-0.25, -0.2) is 4.68 Å². The molecule has 0 radical (unpaired) electrons. The third kappa shape index (κ3) is 3.33. The van der Waals surface area contributed by atoms with Gasteiger partial charge in [0, 0.05) is 17.0 Å². The van der Waals surface area contributed by atoms with Crippen molar-refractivity contribution < 1.29 is 4.79 Å². The molecule has 0 bridgehead atoms. The first kappa shape index (κ1) is 15.1. The van der Waals surface area contributed by atoms with Gasteiger partial charge in [-0.1, -0.05) is 36.9 Å². The highest BCUT2D eigenvalue weighted by molar-refractivity contribution is 6.30. The van der Waals surface area contributed by atoms with Crippen molar-refractivity contribution in [3.63, 3.8) is 0 Å². The molecule has 5 heteroatoms. The number of aryl methyl sites for hydroxylation is 1. The van der Waals surface area contributed by atoms with Crippen molar-refractivity contribution in [1.29, 1.82) is 0 Å². The van der Waals surface area contributed by atoms with E-state index in [1.54, 1.807) is 4.68 Å². The van der Waals surface area contributed by atoms with Crippen LogP contribution in [0.1, 0.15) is 37.8 Å². The number of amides is 1. The number of benzene rings is 1. The van der Waals surface area contributed by atoms with Gasteiger partial charge in [-0.2, -0.15) is 5.10 Å². The number of carbonyl (C=O) groups excluding carboxylic acids is 1. The SMILES string of the molecule is Cc1cc(NC(=O)C2CCCCC2)n(-c2cccc(Cl)c2)n1. The summed E-state index contributed by atoms with van der Waals surface area (Å²) in [7, 11) is 0. The van der Waals surface area contributed by atoms with E-state index in [1.807, 2.05) is 37.3 Å². The van der Waals surface area contributed by atoms with E-state index in [1.165, 1.54) is 6.42 Å². The number of nitrogens with one attached hydrogen (secondary N) is 1. The molecule has 22 heavy (non-hydrogen) atoms. The summed E-state index contributed by atoms with van der Waals surface area (Å²) in [6, 6.07) is 9.35. The molecule has 1 aromatic heterocycles. The van der Waals surface area contributed by atoms with E-state index in [0.29, 0.717) is 10.8 Å². The molecule has 1 N–H and O–H groups in total. The van der Waals surface area contributed by atoms with Crippen molar-refractivity contribution in [2.45, 2.75) is 39.0 Å². The summed E-state index contributed by atoms with van der Waals surface area (Å²) in [4.78, 5) is 12.4. The third-order valence-corrected chi connectivity index (χ3v) is 4.35. The van der Waals surface area contributed by atoms with Gasteiger partial charge in [-0.05, 0) is 38.0 Å². The maximum Gasteiger partial charge on any atom is 0.228 e. The minimum Gasteiger partial charge on any atom is -0.310 e. The fraction of sp³-hybridized carbons (Fsp3) is 0.412. The monoisotopic (exact) mass is 317 g/mol. The van der Waals surface area contributed by atoms with Crippen molar-refractivity contribution in [3.05, 3.63) is 41.0 Å². The van der Waals surface area contributed by atoms with Crippen molar-refractivity contribution >= 4 is 23.3 Å². The highest BCUT2D eigenvalue weighted by atomic mass is 35.5. The molecule has 1 aliphatic carbocycles. The fourth-order valence-corrected chi connectivity index (χ4v) is 3.17. The maximum atomic E-state index is 12.4. The predicted octanol–water partition coefficient (Wildman–Crippen LogP) is 4.35. The Balaban J connectivity index is 1.83. The van der Waals surface area contributed by atoms with Crippen LogP contribution in [-0.2, 0) is 4.79 Å². The first-order valence-electron chi connectivity index (χ1n) is 7.77. The smallest absolute Gasteiger partial charge is 0.228 e. The number of rotatable bonds is 3. The Morgan fingerprint density at radius 2 is 2.05 bits per heavy atom. The second-order valence-electron chi connectivity index (χ2n) is 5.89. The Hall–Kier alpha value is -1.81. The number of hydrogen-bond donors (Lipinski definition) is 1. The van der Waals surface area contributed by atoms with E-state index in [0.717, 1.165) is 37.1 Å². The molecular formula is C17H20ClN3O. The predicted molar refractivity (Wildman–Crippen MR) is 88.5 cm³/mol. The van der Waals surface area contributed by atoms with Gasteiger partial charge in [0.15, 0.2) is 0 Å². The van der Waals surface area contributed by atoms with E-state index in [2.05, 4.69) is 10.4 Å². The fourth-order valence-electron chi connectivity index (χ4n) is 2.99. The lowest BCUT2D eigenvalue weighted by Crippen LogP contribution is -2.25. The van der Waals surface area contributed by atoms with E-state index in [-0.39, 0.29) is 11.8 Å². The van der Waals surface area contributed by atoms with Crippen molar-refractivity contribution in [2.24, 2.45) is 5.92 Å². The average Bonchev–Trinajstić information content (AvgIpc) is 2.89. The molecule has 1 fully saturated rings. The molecule has 1 aliphatic rings. The van der Waals surface area contributed by atoms with Crippen molar-refractivity contribution in [1.82, 2.24) is 9.78 Å². The van der Waals surface area contributed by atoms with Crippen molar-refractivity contribution in [2.75, 3.05) is 5.32 Å². The Kier molecular flexibility index (Phi) is 4.48. The molecule has 0 atom stereocenters. The second-order valence-corrected chi connectivity index (χ2v) is 6.32. The summed E-state index contributed by atoms with van der Waals surface area (Å²) in [5.74, 6) is 0.926. The summed E-state index contributed by atoms with van der Waals surface area (Å²) < 4.78 is 1.74. The van der Waals surface area contributed by atoms with Gasteiger partial charge in [0.25, 0.3) is 0 Å². The van der Waals surface area contributed by atoms with E-state index in [4.69, 9.17) is 11.6 Å². The Labute approximate surface area is 135 Å². The minimum absolute atomic E-state index is 0.0999. The number of halogens is 1. The summed E-state index contributed by atoms with van der Waals surface area (Å²) >= 11 is 6.05. The Bertz CT molecular complexity index is 674. The molecule has 0 saturated heterocycles. The van der Waals surface area contributed by atoms with Crippen LogP contribution in [0, 0.1) is 12.8 Å². The standard InChI is InChI=1S/C17H20ClN3O/c1-12-10-16(19-17(22)13-6-3-2-4-7-13)21(20-12)15-9-5-8-14(18)11-15/h5,8-11,13H,2-4,6-7H2,1H3,(H,19,22). The molecule has 1 saturated carbocycles. The molecular weight excluding hydrogens is 298 g/mol. The average molecular weight is 318 g/mol. The summed E-state index contributed by atoms with van der Waals surface area (Å²) in [6.45, 7) is 1.91. The van der Waals surface area contributed by atoms with Crippen LogP contribution in [0.4, 0.5) is 5.82 Å². The van der Waals surface area contributed by atoms with Gasteiger partial charge >= 0.3 is 0 Å². The molecule has 1 heterocycles. The van der Waals surface area contributed by atoms with Gasteiger partial charge in [0.05, 0.1) is 11.4 Å². The molecule has 0 unspecified atom stereocenters. The number of aromatic nitrogens is 2. The lowest BCUT2D eigenvalue weighted by Gasteiger charge is -2.20. The number of nitrogens with zero attached hydrogens (tertiary/aromatic N) is 2. The quantitative estimate of drug-likeness (QED) is 0.914. The van der Waals surface area contributed by atoms with Gasteiger partial charge < -0.3 is 5.32 Å². The van der Waals surface area contributed by atoms with Gasteiger partial charge in [0.1, 0.15) is 5.82 Å². The second kappa shape index (κ2) is 6.53. The van der Waals surface area contributed by atoms with E-state index in [9.17, 15) is 4.79 Å². The Morgan fingerprint density at radius 3 is 2.77 bits per heavy atom. The van der Waals surface area contributed by atoms with Crippen LogP contribution >= 0.6 is 11.6 Å². The minimum atomic E-state index is 0.0999. The number of hydrogen-bond acceptors (Lipinski definition) is 2. The molecule has 0 spiro atoms. The Morgan fingerprint density at radius 1 is 1.27 bits per heavy atom. The lowest BCUT2D eigenvalue weighted by atomic mass is 9.89. The molecule has 1 amide bonds. The summed E-state index contributed by atoms with van der Waals surface area (Å²) in [5, 5.41) is 8.15. The molecule has 3 rings (SSSR count). The van der Waals surface area contributed by atoms with Crippen LogP contribution in [0.2, 0.25) is 5.02 Å².